The second-order valence-corrected chi connectivity index (χ2v) is 10.4. The zero-order valence-electron chi connectivity index (χ0n) is 17.7. The van der Waals surface area contributed by atoms with Crippen molar-refractivity contribution in [3.05, 3.63) is 86.8 Å². The summed E-state index contributed by atoms with van der Waals surface area (Å²) in [5.74, 6) is 0.590. The molecule has 174 valence electrons. The highest BCUT2D eigenvalue weighted by Gasteiger charge is 2.17. The average Bonchev–Trinajstić information content (AvgIpc) is 3.42. The summed E-state index contributed by atoms with van der Waals surface area (Å²) in [4.78, 5) is 17.8. The summed E-state index contributed by atoms with van der Waals surface area (Å²) in [7, 11) is 0. The number of aromatic nitrogens is 4. The van der Waals surface area contributed by atoms with Crippen LogP contribution in [0.15, 0.2) is 66.5 Å². The van der Waals surface area contributed by atoms with E-state index in [2.05, 4.69) is 27.1 Å². The Morgan fingerprint density at radius 1 is 1.12 bits per heavy atom. The first-order chi connectivity index (χ1) is 16.4. The van der Waals surface area contributed by atoms with Crippen molar-refractivity contribution in [3.63, 3.8) is 0 Å². The third kappa shape index (κ3) is 6.00. The van der Waals surface area contributed by atoms with Gasteiger partial charge in [-0.1, -0.05) is 70.8 Å². The number of hydrogen-bond acceptors (Lipinski definition) is 6. The molecule has 0 bridgehead atoms. The molecule has 0 atom stereocenters. The van der Waals surface area contributed by atoms with Gasteiger partial charge in [0.2, 0.25) is 5.91 Å². The van der Waals surface area contributed by atoms with Crippen LogP contribution in [0, 0.1) is 0 Å². The second kappa shape index (κ2) is 11.4. The van der Waals surface area contributed by atoms with E-state index < -0.39 is 0 Å². The molecule has 0 aliphatic heterocycles. The van der Waals surface area contributed by atoms with Crippen LogP contribution < -0.4 is 5.32 Å². The van der Waals surface area contributed by atoms with E-state index in [1.807, 2.05) is 34.9 Å². The summed E-state index contributed by atoms with van der Waals surface area (Å²) in [5.41, 5.74) is 1.79. The molecule has 1 N–H and O–H groups in total. The van der Waals surface area contributed by atoms with Gasteiger partial charge in [0.15, 0.2) is 16.1 Å². The SMILES string of the molecule is C=CCn1c(SCC(=O)Nc2ncc(Cc3ccc(Cl)c(Cl)c3)s2)nnc1-c1ccccc1Cl. The minimum Gasteiger partial charge on any atom is -0.301 e. The lowest BCUT2D eigenvalue weighted by Gasteiger charge is -2.08. The predicted molar refractivity (Wildman–Crippen MR) is 141 cm³/mol. The zero-order chi connectivity index (χ0) is 24.1. The van der Waals surface area contributed by atoms with Crippen molar-refractivity contribution in [1.29, 1.82) is 0 Å². The van der Waals surface area contributed by atoms with E-state index in [4.69, 9.17) is 34.8 Å². The number of benzene rings is 2. The highest BCUT2D eigenvalue weighted by Crippen LogP contribution is 2.30. The number of nitrogens with one attached hydrogen (secondary N) is 1. The van der Waals surface area contributed by atoms with Crippen LogP contribution in [0.4, 0.5) is 5.13 Å². The number of carbonyl (C=O) groups excluding carboxylic acids is 1. The van der Waals surface area contributed by atoms with Gasteiger partial charge < -0.3 is 5.32 Å². The molecule has 0 saturated carbocycles. The average molecular weight is 551 g/mol. The molecule has 4 rings (SSSR count). The molecule has 0 fully saturated rings. The Balaban J connectivity index is 1.38. The summed E-state index contributed by atoms with van der Waals surface area (Å²) in [6.07, 6.45) is 4.14. The molecule has 1 amide bonds. The summed E-state index contributed by atoms with van der Waals surface area (Å²) in [6, 6.07) is 12.9. The standard InChI is InChI=1S/C23H18Cl3N5OS2/c1-2-9-31-21(16-5-3-4-6-17(16)24)29-30-23(31)33-13-20(32)28-22-27-12-15(34-22)10-14-7-8-18(25)19(26)11-14/h2-8,11-12H,1,9-10,13H2,(H,27,28,32). The quantitative estimate of drug-likeness (QED) is 0.182. The first-order valence-electron chi connectivity index (χ1n) is 10.0. The fraction of sp³-hybridized carbons (Fsp3) is 0.130. The van der Waals surface area contributed by atoms with Crippen LogP contribution in [-0.2, 0) is 17.8 Å². The second-order valence-electron chi connectivity index (χ2n) is 7.08. The first kappa shape index (κ1) is 24.8. The fourth-order valence-electron chi connectivity index (χ4n) is 3.11. The van der Waals surface area contributed by atoms with Crippen LogP contribution in [0.1, 0.15) is 10.4 Å². The van der Waals surface area contributed by atoms with Crippen LogP contribution in [0.5, 0.6) is 0 Å². The largest absolute Gasteiger partial charge is 0.301 e. The maximum Gasteiger partial charge on any atom is 0.236 e. The van der Waals surface area contributed by atoms with E-state index in [1.54, 1.807) is 24.4 Å². The Hall–Kier alpha value is -2.36. The van der Waals surface area contributed by atoms with Gasteiger partial charge in [0.1, 0.15) is 0 Å². The number of rotatable bonds is 9. The van der Waals surface area contributed by atoms with Crippen molar-refractivity contribution >= 4 is 68.9 Å². The van der Waals surface area contributed by atoms with Gasteiger partial charge in [0, 0.05) is 29.6 Å². The highest BCUT2D eigenvalue weighted by molar-refractivity contribution is 7.99. The molecular formula is C23H18Cl3N5OS2. The van der Waals surface area contributed by atoms with Gasteiger partial charge in [-0.2, -0.15) is 0 Å². The molecule has 6 nitrogen and oxygen atoms in total. The Morgan fingerprint density at radius 3 is 2.71 bits per heavy atom. The van der Waals surface area contributed by atoms with E-state index in [0.717, 1.165) is 16.0 Å². The molecule has 2 aromatic carbocycles. The Labute approximate surface area is 220 Å². The van der Waals surface area contributed by atoms with Gasteiger partial charge in [-0.3, -0.25) is 9.36 Å². The predicted octanol–water partition coefficient (Wildman–Crippen LogP) is 6.87. The van der Waals surface area contributed by atoms with Gasteiger partial charge in [-0.05, 0) is 29.8 Å². The van der Waals surface area contributed by atoms with Crippen molar-refractivity contribution in [2.75, 3.05) is 11.1 Å². The summed E-state index contributed by atoms with van der Waals surface area (Å²) in [6.45, 7) is 4.30. The van der Waals surface area contributed by atoms with Gasteiger partial charge in [0.05, 0.1) is 20.8 Å². The van der Waals surface area contributed by atoms with Crippen molar-refractivity contribution in [3.8, 4) is 11.4 Å². The molecule has 34 heavy (non-hydrogen) atoms. The number of hydrogen-bond donors (Lipinski definition) is 1. The Bertz CT molecular complexity index is 1340. The van der Waals surface area contributed by atoms with Gasteiger partial charge in [-0.15, -0.1) is 28.1 Å². The zero-order valence-corrected chi connectivity index (χ0v) is 21.6. The molecule has 0 unspecified atom stereocenters. The molecular weight excluding hydrogens is 533 g/mol. The molecule has 0 radical (unpaired) electrons. The van der Waals surface area contributed by atoms with Crippen LogP contribution in [0.2, 0.25) is 15.1 Å². The number of thiazole rings is 1. The van der Waals surface area contributed by atoms with Crippen molar-refractivity contribution in [2.45, 2.75) is 18.1 Å². The molecule has 0 spiro atoms. The van der Waals surface area contributed by atoms with Gasteiger partial charge in [-0.25, -0.2) is 4.98 Å². The summed E-state index contributed by atoms with van der Waals surface area (Å²) >= 11 is 21.1. The highest BCUT2D eigenvalue weighted by atomic mass is 35.5. The summed E-state index contributed by atoms with van der Waals surface area (Å²) in [5, 5.41) is 14.1. The third-order valence-electron chi connectivity index (χ3n) is 4.64. The lowest BCUT2D eigenvalue weighted by molar-refractivity contribution is -0.113. The maximum atomic E-state index is 12.5. The molecule has 4 aromatic rings. The molecule has 0 aliphatic carbocycles. The molecule has 0 aliphatic rings. The van der Waals surface area contributed by atoms with E-state index >= 15 is 0 Å². The van der Waals surface area contributed by atoms with Gasteiger partial charge in [0.25, 0.3) is 0 Å². The smallest absolute Gasteiger partial charge is 0.236 e. The van der Waals surface area contributed by atoms with E-state index in [9.17, 15) is 4.79 Å². The van der Waals surface area contributed by atoms with Gasteiger partial charge >= 0.3 is 0 Å². The van der Waals surface area contributed by atoms with E-state index in [1.165, 1.54) is 23.1 Å². The van der Waals surface area contributed by atoms with E-state index in [0.29, 0.717) is 44.1 Å². The number of allylic oxidation sites excluding steroid dienone is 1. The van der Waals surface area contributed by atoms with Crippen molar-refractivity contribution in [1.82, 2.24) is 19.7 Å². The third-order valence-corrected chi connectivity index (χ3v) is 7.59. The normalized spacial score (nSPS) is 10.9. The molecule has 2 aromatic heterocycles. The fourth-order valence-corrected chi connectivity index (χ4v) is 5.27. The Morgan fingerprint density at radius 2 is 1.94 bits per heavy atom. The van der Waals surface area contributed by atoms with Crippen LogP contribution in [0.25, 0.3) is 11.4 Å². The summed E-state index contributed by atoms with van der Waals surface area (Å²) < 4.78 is 1.88. The minimum atomic E-state index is -0.187. The topological polar surface area (TPSA) is 72.7 Å². The monoisotopic (exact) mass is 549 g/mol. The Kier molecular flexibility index (Phi) is 8.28. The van der Waals surface area contributed by atoms with Crippen LogP contribution in [-0.4, -0.2) is 31.4 Å². The lowest BCUT2D eigenvalue weighted by atomic mass is 10.1. The van der Waals surface area contributed by atoms with Crippen LogP contribution in [0.3, 0.4) is 0 Å². The lowest BCUT2D eigenvalue weighted by Crippen LogP contribution is -2.14. The van der Waals surface area contributed by atoms with Crippen LogP contribution >= 0.6 is 57.9 Å². The first-order valence-corrected chi connectivity index (χ1v) is 13.0. The number of carbonyl (C=O) groups is 1. The van der Waals surface area contributed by atoms with E-state index in [-0.39, 0.29) is 11.7 Å². The molecule has 11 heteroatoms. The maximum absolute atomic E-state index is 12.5. The minimum absolute atomic E-state index is 0.152. The number of nitrogens with zero attached hydrogens (tertiary/aromatic N) is 4. The number of anilines is 1. The molecule has 2 heterocycles. The molecule has 0 saturated heterocycles. The number of amides is 1. The number of thioether (sulfide) groups is 1. The number of halogens is 3. The van der Waals surface area contributed by atoms with Crippen molar-refractivity contribution < 1.29 is 4.79 Å². The van der Waals surface area contributed by atoms with Crippen molar-refractivity contribution in [2.24, 2.45) is 0 Å².